The molecule has 0 bridgehead atoms. The van der Waals surface area contributed by atoms with Gasteiger partial charge in [-0.1, -0.05) is 35.3 Å². The molecular weight excluding hydrogens is 342 g/mol. The van der Waals surface area contributed by atoms with E-state index < -0.39 is 0 Å². The van der Waals surface area contributed by atoms with Gasteiger partial charge in [0.15, 0.2) is 0 Å². The second-order valence-electron chi connectivity index (χ2n) is 5.16. The number of anilines is 2. The smallest absolute Gasteiger partial charge is 0.252 e. The van der Waals surface area contributed by atoms with Crippen LogP contribution in [0.1, 0.15) is 35.7 Å². The predicted octanol–water partition coefficient (Wildman–Crippen LogP) is 4.43. The van der Waals surface area contributed by atoms with Crippen molar-refractivity contribution in [1.29, 1.82) is 0 Å². The zero-order valence-corrected chi connectivity index (χ0v) is 14.4. The maximum absolute atomic E-state index is 12.0. The van der Waals surface area contributed by atoms with Gasteiger partial charge in [-0.3, -0.25) is 9.78 Å². The van der Waals surface area contributed by atoms with Gasteiger partial charge in [-0.2, -0.15) is 0 Å². The molecule has 0 aliphatic heterocycles. The summed E-state index contributed by atoms with van der Waals surface area (Å²) in [7, 11) is 0. The molecule has 2 N–H and O–H groups in total. The van der Waals surface area contributed by atoms with Gasteiger partial charge >= 0.3 is 0 Å². The van der Waals surface area contributed by atoms with Crippen LogP contribution in [0.5, 0.6) is 0 Å². The molecule has 0 saturated heterocycles. The van der Waals surface area contributed by atoms with Gasteiger partial charge in [0.25, 0.3) is 5.91 Å². The predicted molar refractivity (Wildman–Crippen MR) is 93.6 cm³/mol. The third kappa shape index (κ3) is 4.56. The minimum Gasteiger partial charge on any atom is -0.354 e. The minimum atomic E-state index is -0.0883. The average Bonchev–Trinajstić information content (AvgIpc) is 2.51. The molecule has 1 aromatic heterocycles. The molecule has 4 nitrogen and oxygen atoms in total. The summed E-state index contributed by atoms with van der Waals surface area (Å²) in [5.74, 6) is -0.0883. The van der Waals surface area contributed by atoms with Crippen LogP contribution in [-0.2, 0) is 0 Å². The van der Waals surface area contributed by atoms with Crippen molar-refractivity contribution in [3.63, 3.8) is 0 Å². The molecule has 0 saturated carbocycles. The van der Waals surface area contributed by atoms with Crippen molar-refractivity contribution >= 4 is 33.2 Å². The van der Waals surface area contributed by atoms with Crippen LogP contribution >= 0.6 is 15.9 Å². The average molecular weight is 362 g/mol. The van der Waals surface area contributed by atoms with Crippen LogP contribution in [0.15, 0.2) is 41.1 Å². The number of benzene rings is 1. The highest BCUT2D eigenvalue weighted by atomic mass is 79.9. The number of hydrogen-bond donors (Lipinski definition) is 2. The van der Waals surface area contributed by atoms with Crippen LogP contribution < -0.4 is 10.6 Å². The molecule has 1 heterocycles. The first-order valence-electron chi connectivity index (χ1n) is 7.36. The molecule has 0 atom stereocenters. The van der Waals surface area contributed by atoms with Gasteiger partial charge in [0.05, 0.1) is 17.4 Å². The first-order chi connectivity index (χ1) is 10.6. The van der Waals surface area contributed by atoms with Crippen LogP contribution in [0.3, 0.4) is 0 Å². The second-order valence-corrected chi connectivity index (χ2v) is 6.02. The fourth-order valence-electron chi connectivity index (χ4n) is 1.95. The van der Waals surface area contributed by atoms with Crippen molar-refractivity contribution in [3.8, 4) is 0 Å². The number of hydrogen-bond acceptors (Lipinski definition) is 3. The highest BCUT2D eigenvalue weighted by Gasteiger charge is 2.07. The third-order valence-electron chi connectivity index (χ3n) is 3.28. The van der Waals surface area contributed by atoms with Crippen LogP contribution in [0.25, 0.3) is 0 Å². The highest BCUT2D eigenvalue weighted by molar-refractivity contribution is 9.10. The lowest BCUT2D eigenvalue weighted by atomic mass is 10.2. The number of carbonyl (C=O) groups is 1. The summed E-state index contributed by atoms with van der Waals surface area (Å²) in [5.41, 5.74) is 3.47. The van der Waals surface area contributed by atoms with E-state index in [9.17, 15) is 4.79 Å². The molecule has 1 aromatic carbocycles. The zero-order chi connectivity index (χ0) is 15.9. The summed E-state index contributed by atoms with van der Waals surface area (Å²) < 4.78 is 1.04. The number of rotatable bonds is 6. The normalized spacial score (nSPS) is 10.3. The number of pyridine rings is 1. The van der Waals surface area contributed by atoms with Gasteiger partial charge in [-0.25, -0.2) is 0 Å². The molecule has 0 aliphatic carbocycles. The van der Waals surface area contributed by atoms with E-state index in [1.165, 1.54) is 5.56 Å². The lowest BCUT2D eigenvalue weighted by Crippen LogP contribution is -2.24. The van der Waals surface area contributed by atoms with E-state index in [0.29, 0.717) is 12.1 Å². The van der Waals surface area contributed by atoms with Crippen molar-refractivity contribution in [1.82, 2.24) is 10.3 Å². The number of nitrogens with zero attached hydrogens (tertiary/aromatic N) is 1. The summed E-state index contributed by atoms with van der Waals surface area (Å²) in [6.07, 6.45) is 5.32. The monoisotopic (exact) mass is 361 g/mol. The molecule has 0 unspecified atom stereocenters. The van der Waals surface area contributed by atoms with E-state index in [0.717, 1.165) is 28.7 Å². The van der Waals surface area contributed by atoms with Crippen molar-refractivity contribution in [3.05, 3.63) is 52.3 Å². The maximum Gasteiger partial charge on any atom is 0.252 e. The Kier molecular flexibility index (Phi) is 5.95. The van der Waals surface area contributed by atoms with Crippen LogP contribution in [0.2, 0.25) is 0 Å². The molecule has 5 heteroatoms. The zero-order valence-electron chi connectivity index (χ0n) is 12.8. The van der Waals surface area contributed by atoms with Crippen molar-refractivity contribution in [2.75, 3.05) is 11.9 Å². The summed E-state index contributed by atoms with van der Waals surface area (Å²) in [5, 5.41) is 6.16. The first kappa shape index (κ1) is 16.5. The number of carbonyl (C=O) groups excluding carboxylic acids is 1. The number of amides is 1. The molecule has 22 heavy (non-hydrogen) atoms. The molecule has 116 valence electrons. The van der Waals surface area contributed by atoms with E-state index >= 15 is 0 Å². The Labute approximate surface area is 139 Å². The Morgan fingerprint density at radius 1 is 1.23 bits per heavy atom. The Morgan fingerprint density at radius 3 is 2.77 bits per heavy atom. The van der Waals surface area contributed by atoms with Gasteiger partial charge in [0.1, 0.15) is 0 Å². The van der Waals surface area contributed by atoms with E-state index in [1.807, 2.05) is 31.2 Å². The van der Waals surface area contributed by atoms with E-state index in [-0.39, 0.29) is 5.91 Å². The molecule has 2 rings (SSSR count). The van der Waals surface area contributed by atoms with Crippen LogP contribution in [0.4, 0.5) is 11.4 Å². The Morgan fingerprint density at radius 2 is 2.05 bits per heavy atom. The van der Waals surface area contributed by atoms with Gasteiger partial charge in [0, 0.05) is 22.9 Å². The van der Waals surface area contributed by atoms with Gasteiger partial charge < -0.3 is 10.6 Å². The van der Waals surface area contributed by atoms with Crippen molar-refractivity contribution < 1.29 is 4.79 Å². The SMILES string of the molecule is CCCCNC(=O)c1cncc(Nc2ccc(C)c(Br)c2)c1. The highest BCUT2D eigenvalue weighted by Crippen LogP contribution is 2.23. The second kappa shape index (κ2) is 7.94. The standard InChI is InChI=1S/C17H20BrN3O/c1-3-4-7-20-17(22)13-8-15(11-19-10-13)21-14-6-5-12(2)16(18)9-14/h5-6,8-11,21H,3-4,7H2,1-2H3,(H,20,22). The fraction of sp³-hybridized carbons (Fsp3) is 0.294. The molecule has 2 aromatic rings. The van der Waals surface area contributed by atoms with Crippen LogP contribution in [-0.4, -0.2) is 17.4 Å². The molecular formula is C17H20BrN3O. The lowest BCUT2D eigenvalue weighted by Gasteiger charge is -2.09. The minimum absolute atomic E-state index is 0.0883. The quantitative estimate of drug-likeness (QED) is 0.748. The van der Waals surface area contributed by atoms with E-state index in [4.69, 9.17) is 0 Å². The van der Waals surface area contributed by atoms with Crippen LogP contribution in [0, 0.1) is 6.92 Å². The third-order valence-corrected chi connectivity index (χ3v) is 4.13. The molecule has 0 spiro atoms. The number of aromatic nitrogens is 1. The largest absolute Gasteiger partial charge is 0.354 e. The number of nitrogens with one attached hydrogen (secondary N) is 2. The summed E-state index contributed by atoms with van der Waals surface area (Å²) in [4.78, 5) is 16.2. The summed E-state index contributed by atoms with van der Waals surface area (Å²) >= 11 is 3.51. The van der Waals surface area contributed by atoms with Crippen molar-refractivity contribution in [2.24, 2.45) is 0 Å². The van der Waals surface area contributed by atoms with Gasteiger partial charge in [-0.05, 0) is 37.1 Å². The first-order valence-corrected chi connectivity index (χ1v) is 8.16. The maximum atomic E-state index is 12.0. The molecule has 0 fully saturated rings. The Bertz CT molecular complexity index is 658. The number of unbranched alkanes of at least 4 members (excludes halogenated alkanes) is 1. The molecule has 0 radical (unpaired) electrons. The summed E-state index contributed by atoms with van der Waals surface area (Å²) in [6.45, 7) is 4.83. The fourth-order valence-corrected chi connectivity index (χ4v) is 2.33. The van der Waals surface area contributed by atoms with E-state index in [2.05, 4.69) is 38.5 Å². The molecule has 0 aliphatic rings. The summed E-state index contributed by atoms with van der Waals surface area (Å²) in [6, 6.07) is 7.83. The van der Waals surface area contributed by atoms with Gasteiger partial charge in [-0.15, -0.1) is 0 Å². The van der Waals surface area contributed by atoms with Crippen molar-refractivity contribution in [2.45, 2.75) is 26.7 Å². The topological polar surface area (TPSA) is 54.0 Å². The Balaban J connectivity index is 2.07. The lowest BCUT2D eigenvalue weighted by molar-refractivity contribution is 0.0953. The number of aryl methyl sites for hydroxylation is 1. The van der Waals surface area contributed by atoms with E-state index in [1.54, 1.807) is 12.4 Å². The number of halogens is 1. The molecule has 1 amide bonds. The Hall–Kier alpha value is -1.88. The van der Waals surface area contributed by atoms with Gasteiger partial charge in [0.2, 0.25) is 0 Å².